The molecule has 1 heterocycles. The second-order valence-electron chi connectivity index (χ2n) is 4.00. The molecule has 0 radical (unpaired) electrons. The van der Waals surface area contributed by atoms with Gasteiger partial charge in [0.15, 0.2) is 0 Å². The van der Waals surface area contributed by atoms with Gasteiger partial charge in [-0.3, -0.25) is 0 Å². The minimum absolute atomic E-state index is 0.492. The van der Waals surface area contributed by atoms with E-state index in [1.165, 1.54) is 37.7 Å². The van der Waals surface area contributed by atoms with Crippen LogP contribution in [0.4, 0.5) is 0 Å². The summed E-state index contributed by atoms with van der Waals surface area (Å²) in [7, 11) is 0. The second-order valence-corrected chi connectivity index (χ2v) is 4.00. The predicted octanol–water partition coefficient (Wildman–Crippen LogP) is 1.45. The van der Waals surface area contributed by atoms with E-state index in [-0.39, 0.29) is 0 Å². The van der Waals surface area contributed by atoms with Crippen molar-refractivity contribution in [2.24, 2.45) is 10.5 Å². The summed E-state index contributed by atoms with van der Waals surface area (Å²) in [5, 5.41) is 8.44. The van der Waals surface area contributed by atoms with Crippen molar-refractivity contribution in [2.75, 3.05) is 0 Å². The quantitative estimate of drug-likeness (QED) is 0.650. The molecule has 0 aromatic carbocycles. The molecule has 2 saturated carbocycles. The van der Waals surface area contributed by atoms with Crippen LogP contribution < -0.4 is 0 Å². The topological polar surface area (TPSA) is 43.1 Å². The third-order valence-corrected chi connectivity index (χ3v) is 3.39. The van der Waals surface area contributed by atoms with Gasteiger partial charge in [-0.05, 0) is 25.7 Å². The van der Waals surface area contributed by atoms with Crippen molar-refractivity contribution >= 4 is 5.71 Å². The highest BCUT2D eigenvalue weighted by Gasteiger charge is 2.48. The van der Waals surface area contributed by atoms with Gasteiger partial charge in [0, 0.05) is 11.1 Å². The average molecular weight is 176 g/mol. The lowest BCUT2D eigenvalue weighted by molar-refractivity contribution is 0.174. The molecule has 4 heteroatoms. The van der Waals surface area contributed by atoms with Crippen LogP contribution >= 0.6 is 0 Å². The molecular weight excluding hydrogens is 164 g/mol. The summed E-state index contributed by atoms with van der Waals surface area (Å²) < 4.78 is 0. The van der Waals surface area contributed by atoms with Crippen molar-refractivity contribution in [1.82, 2.24) is 14.9 Å². The van der Waals surface area contributed by atoms with Crippen LogP contribution in [0.25, 0.3) is 0 Å². The smallest absolute Gasteiger partial charge is 0.139 e. The van der Waals surface area contributed by atoms with Crippen molar-refractivity contribution in [2.45, 2.75) is 32.1 Å². The van der Waals surface area contributed by atoms with Crippen LogP contribution in [0.5, 0.6) is 0 Å². The van der Waals surface area contributed by atoms with Gasteiger partial charge in [0.25, 0.3) is 0 Å². The summed E-state index contributed by atoms with van der Waals surface area (Å²) in [4.78, 5) is 5.45. The monoisotopic (exact) mass is 176 g/mol. The molecular formula is C9H12N4. The molecule has 1 aromatic rings. The molecule has 0 bridgehead atoms. The highest BCUT2D eigenvalue weighted by atomic mass is 15.5. The number of aromatic nitrogens is 3. The minimum Gasteiger partial charge on any atom is -0.221 e. The minimum atomic E-state index is 0.492. The van der Waals surface area contributed by atoms with E-state index >= 15 is 0 Å². The zero-order valence-electron chi connectivity index (χ0n) is 7.48. The Morgan fingerprint density at radius 1 is 1.38 bits per heavy atom. The first kappa shape index (κ1) is 7.24. The lowest BCUT2D eigenvalue weighted by Gasteiger charge is -2.50. The van der Waals surface area contributed by atoms with Crippen molar-refractivity contribution < 1.29 is 0 Å². The number of hydrogen-bond donors (Lipinski definition) is 0. The van der Waals surface area contributed by atoms with Crippen LogP contribution in [0.1, 0.15) is 32.1 Å². The second kappa shape index (κ2) is 2.40. The van der Waals surface area contributed by atoms with Crippen molar-refractivity contribution in [3.8, 4) is 0 Å². The standard InChI is InChI=1S/C9H12N4/c1-3-9(4-1)5-2-8(9)12-13-7-10-6-11-13/h6-7H,1-5H2/b12-8-. The summed E-state index contributed by atoms with van der Waals surface area (Å²) >= 11 is 0. The Balaban J connectivity index is 1.86. The maximum absolute atomic E-state index is 4.46. The number of hydrogen-bond acceptors (Lipinski definition) is 3. The lowest BCUT2D eigenvalue weighted by Crippen LogP contribution is -2.46. The Morgan fingerprint density at radius 2 is 2.31 bits per heavy atom. The molecule has 0 amide bonds. The molecule has 0 saturated heterocycles. The van der Waals surface area contributed by atoms with E-state index in [0.717, 1.165) is 6.42 Å². The van der Waals surface area contributed by atoms with E-state index in [9.17, 15) is 0 Å². The zero-order chi connectivity index (χ0) is 8.73. The first-order valence-electron chi connectivity index (χ1n) is 4.82. The third kappa shape index (κ3) is 0.944. The Bertz CT molecular complexity index is 329. The third-order valence-electron chi connectivity index (χ3n) is 3.39. The normalized spacial score (nSPS) is 27.2. The van der Waals surface area contributed by atoms with Gasteiger partial charge in [0.1, 0.15) is 12.7 Å². The van der Waals surface area contributed by atoms with Crippen molar-refractivity contribution in [3.05, 3.63) is 12.7 Å². The van der Waals surface area contributed by atoms with Crippen LogP contribution in [0.2, 0.25) is 0 Å². The highest BCUT2D eigenvalue weighted by Crippen LogP contribution is 2.53. The molecule has 68 valence electrons. The molecule has 13 heavy (non-hydrogen) atoms. The molecule has 0 atom stereocenters. The predicted molar refractivity (Wildman–Crippen MR) is 48.4 cm³/mol. The summed E-state index contributed by atoms with van der Waals surface area (Å²) in [6, 6.07) is 0. The van der Waals surface area contributed by atoms with E-state index in [0.29, 0.717) is 5.41 Å². The van der Waals surface area contributed by atoms with E-state index in [4.69, 9.17) is 0 Å². The molecule has 2 fully saturated rings. The van der Waals surface area contributed by atoms with Crippen LogP contribution in [-0.4, -0.2) is 20.6 Å². The molecule has 3 rings (SSSR count). The molecule has 2 aliphatic carbocycles. The van der Waals surface area contributed by atoms with Gasteiger partial charge in [0.2, 0.25) is 0 Å². The summed E-state index contributed by atoms with van der Waals surface area (Å²) in [6.45, 7) is 0. The molecule has 2 aliphatic rings. The van der Waals surface area contributed by atoms with E-state index in [2.05, 4.69) is 15.2 Å². The van der Waals surface area contributed by atoms with E-state index in [1.54, 1.807) is 11.1 Å². The number of nitrogens with zero attached hydrogens (tertiary/aromatic N) is 4. The largest absolute Gasteiger partial charge is 0.221 e. The fourth-order valence-corrected chi connectivity index (χ4v) is 2.27. The SMILES string of the molecule is c1ncn(/N=C2/CCC23CCC3)n1. The Morgan fingerprint density at radius 3 is 2.77 bits per heavy atom. The Kier molecular flexibility index (Phi) is 1.34. The maximum atomic E-state index is 4.46. The summed E-state index contributed by atoms with van der Waals surface area (Å²) in [5.41, 5.74) is 1.83. The average Bonchev–Trinajstić information content (AvgIpc) is 2.47. The van der Waals surface area contributed by atoms with Crippen LogP contribution in [0.15, 0.2) is 17.8 Å². The summed E-state index contributed by atoms with van der Waals surface area (Å²) in [6.07, 6.45) is 9.70. The van der Waals surface area contributed by atoms with Gasteiger partial charge in [-0.15, -0.1) is 9.89 Å². The first-order valence-corrected chi connectivity index (χ1v) is 4.82. The maximum Gasteiger partial charge on any atom is 0.139 e. The molecule has 1 spiro atoms. The first-order chi connectivity index (χ1) is 6.39. The van der Waals surface area contributed by atoms with Gasteiger partial charge in [-0.2, -0.15) is 5.10 Å². The molecule has 0 N–H and O–H groups in total. The van der Waals surface area contributed by atoms with Crippen LogP contribution in [0.3, 0.4) is 0 Å². The molecule has 0 aliphatic heterocycles. The van der Waals surface area contributed by atoms with Gasteiger partial charge in [0.05, 0.1) is 0 Å². The molecule has 0 unspecified atom stereocenters. The van der Waals surface area contributed by atoms with Gasteiger partial charge < -0.3 is 0 Å². The fourth-order valence-electron chi connectivity index (χ4n) is 2.27. The highest BCUT2D eigenvalue weighted by molar-refractivity contribution is 5.96. The Hall–Kier alpha value is -1.19. The lowest BCUT2D eigenvalue weighted by atomic mass is 9.55. The van der Waals surface area contributed by atoms with E-state index in [1.807, 2.05) is 0 Å². The van der Waals surface area contributed by atoms with Crippen LogP contribution in [0, 0.1) is 5.41 Å². The van der Waals surface area contributed by atoms with Crippen molar-refractivity contribution in [1.29, 1.82) is 0 Å². The van der Waals surface area contributed by atoms with Gasteiger partial charge >= 0.3 is 0 Å². The van der Waals surface area contributed by atoms with Crippen molar-refractivity contribution in [3.63, 3.8) is 0 Å². The summed E-state index contributed by atoms with van der Waals surface area (Å²) in [5.74, 6) is 0. The number of rotatable bonds is 1. The fraction of sp³-hybridized carbons (Fsp3) is 0.667. The van der Waals surface area contributed by atoms with E-state index < -0.39 is 0 Å². The molecule has 4 nitrogen and oxygen atoms in total. The van der Waals surface area contributed by atoms with Crippen LogP contribution in [-0.2, 0) is 0 Å². The zero-order valence-corrected chi connectivity index (χ0v) is 7.48. The van der Waals surface area contributed by atoms with Gasteiger partial charge in [-0.25, -0.2) is 4.98 Å². The molecule has 1 aromatic heterocycles. The van der Waals surface area contributed by atoms with Gasteiger partial charge in [-0.1, -0.05) is 6.42 Å². The Labute approximate surface area is 76.7 Å².